The topological polar surface area (TPSA) is 87.7 Å². The second-order valence-corrected chi connectivity index (χ2v) is 7.00. The predicted octanol–water partition coefficient (Wildman–Crippen LogP) is 3.35. The van der Waals surface area contributed by atoms with Crippen LogP contribution in [0.3, 0.4) is 0 Å². The summed E-state index contributed by atoms with van der Waals surface area (Å²) in [4.78, 5) is 12.1. The van der Waals surface area contributed by atoms with Crippen LogP contribution in [0.2, 0.25) is 5.02 Å². The van der Waals surface area contributed by atoms with Gasteiger partial charge in [0.15, 0.2) is 12.4 Å². The highest BCUT2D eigenvalue weighted by Gasteiger charge is 2.12. The van der Waals surface area contributed by atoms with Crippen molar-refractivity contribution in [2.45, 2.75) is 46.9 Å². The van der Waals surface area contributed by atoms with E-state index in [4.69, 9.17) is 16.3 Å². The first-order valence-electron chi connectivity index (χ1n) is 9.37. The second kappa shape index (κ2) is 9.47. The summed E-state index contributed by atoms with van der Waals surface area (Å²) in [5.41, 5.74) is 3.63. The molecule has 1 aromatic carbocycles. The van der Waals surface area contributed by atoms with Gasteiger partial charge >= 0.3 is 5.97 Å². The number of tetrazole rings is 1. The standard InChI is InChI=1S/C20H23ClN6O2/c1-4-11-26-19(22-24-25-26)13-29-20(28)10-9-17-14(2)23-27(15(17)3)12-16-7-5-6-8-18(16)21/h5-10H,4,11-13H2,1-3H3/b10-9+. The van der Waals surface area contributed by atoms with Gasteiger partial charge in [0.05, 0.1) is 12.2 Å². The highest BCUT2D eigenvalue weighted by molar-refractivity contribution is 6.31. The number of benzene rings is 1. The lowest BCUT2D eigenvalue weighted by Gasteiger charge is -2.06. The highest BCUT2D eigenvalue weighted by atomic mass is 35.5. The van der Waals surface area contributed by atoms with E-state index >= 15 is 0 Å². The van der Waals surface area contributed by atoms with E-state index in [-0.39, 0.29) is 6.61 Å². The fourth-order valence-corrected chi connectivity index (χ4v) is 3.14. The minimum atomic E-state index is -0.464. The third-order valence-corrected chi connectivity index (χ3v) is 4.86. The average Bonchev–Trinajstić information content (AvgIpc) is 3.25. The van der Waals surface area contributed by atoms with Crippen LogP contribution < -0.4 is 0 Å². The third kappa shape index (κ3) is 5.08. The van der Waals surface area contributed by atoms with E-state index in [1.54, 1.807) is 10.8 Å². The van der Waals surface area contributed by atoms with Crippen LogP contribution in [0.25, 0.3) is 6.08 Å². The van der Waals surface area contributed by atoms with Crippen LogP contribution in [0.5, 0.6) is 0 Å². The van der Waals surface area contributed by atoms with Gasteiger partial charge in [0.2, 0.25) is 0 Å². The van der Waals surface area contributed by atoms with Gasteiger partial charge in [-0.1, -0.05) is 36.7 Å². The lowest BCUT2D eigenvalue weighted by atomic mass is 10.1. The minimum Gasteiger partial charge on any atom is -0.454 e. The summed E-state index contributed by atoms with van der Waals surface area (Å²) >= 11 is 6.25. The van der Waals surface area contributed by atoms with Crippen LogP contribution in [0.15, 0.2) is 30.3 Å². The summed E-state index contributed by atoms with van der Waals surface area (Å²) in [5.74, 6) is 0.0576. The average molecular weight is 415 g/mol. The molecule has 9 heteroatoms. The van der Waals surface area contributed by atoms with E-state index in [0.717, 1.165) is 28.9 Å². The zero-order chi connectivity index (χ0) is 20.8. The van der Waals surface area contributed by atoms with Gasteiger partial charge in [-0.05, 0) is 48.4 Å². The Balaban J connectivity index is 1.65. The summed E-state index contributed by atoms with van der Waals surface area (Å²) in [7, 11) is 0. The zero-order valence-corrected chi connectivity index (χ0v) is 17.4. The molecular formula is C20H23ClN6O2. The predicted molar refractivity (Wildman–Crippen MR) is 109 cm³/mol. The Bertz CT molecular complexity index is 1020. The molecule has 0 unspecified atom stereocenters. The van der Waals surface area contributed by atoms with Gasteiger partial charge in [-0.3, -0.25) is 4.68 Å². The number of aryl methyl sites for hydroxylation is 2. The molecule has 0 spiro atoms. The fraction of sp³-hybridized carbons (Fsp3) is 0.350. The lowest BCUT2D eigenvalue weighted by Crippen LogP contribution is -2.09. The van der Waals surface area contributed by atoms with E-state index in [9.17, 15) is 4.79 Å². The SMILES string of the molecule is CCCn1nnnc1COC(=O)/C=C/c1c(C)nn(Cc2ccccc2Cl)c1C. The maximum Gasteiger partial charge on any atom is 0.331 e. The molecule has 8 nitrogen and oxygen atoms in total. The number of esters is 1. The van der Waals surface area contributed by atoms with Gasteiger partial charge in [0.1, 0.15) is 0 Å². The molecule has 0 fully saturated rings. The Morgan fingerprint density at radius 1 is 1.24 bits per heavy atom. The van der Waals surface area contributed by atoms with Crippen molar-refractivity contribution in [2.24, 2.45) is 0 Å². The molecule has 0 atom stereocenters. The molecule has 29 heavy (non-hydrogen) atoms. The monoisotopic (exact) mass is 414 g/mol. The van der Waals surface area contributed by atoms with E-state index in [2.05, 4.69) is 20.6 Å². The number of carbonyl (C=O) groups excluding carboxylic acids is 1. The molecule has 0 amide bonds. The van der Waals surface area contributed by atoms with Crippen molar-refractivity contribution in [1.82, 2.24) is 30.0 Å². The molecule has 0 bridgehead atoms. The molecule has 2 heterocycles. The molecule has 3 rings (SSSR count). The summed E-state index contributed by atoms with van der Waals surface area (Å²) in [6, 6.07) is 7.67. The zero-order valence-electron chi connectivity index (χ0n) is 16.7. The highest BCUT2D eigenvalue weighted by Crippen LogP contribution is 2.20. The first kappa shape index (κ1) is 20.7. The summed E-state index contributed by atoms with van der Waals surface area (Å²) in [6.07, 6.45) is 4.01. The molecule has 3 aromatic rings. The molecule has 0 saturated carbocycles. The Morgan fingerprint density at radius 2 is 2.03 bits per heavy atom. The van der Waals surface area contributed by atoms with Crippen LogP contribution in [-0.2, 0) is 29.2 Å². The van der Waals surface area contributed by atoms with E-state index in [0.29, 0.717) is 23.9 Å². The fourth-order valence-electron chi connectivity index (χ4n) is 2.94. The summed E-state index contributed by atoms with van der Waals surface area (Å²) in [6.45, 7) is 7.15. The molecule has 152 valence electrons. The van der Waals surface area contributed by atoms with Crippen LogP contribution >= 0.6 is 11.6 Å². The van der Waals surface area contributed by atoms with Crippen molar-refractivity contribution in [2.75, 3.05) is 0 Å². The molecule has 0 saturated heterocycles. The van der Waals surface area contributed by atoms with Gasteiger partial charge < -0.3 is 4.74 Å². The summed E-state index contributed by atoms with van der Waals surface area (Å²) < 4.78 is 8.76. The molecule has 0 radical (unpaired) electrons. The number of hydrogen-bond donors (Lipinski definition) is 0. The number of carbonyl (C=O) groups is 1. The summed E-state index contributed by atoms with van der Waals surface area (Å²) in [5, 5.41) is 16.6. The van der Waals surface area contributed by atoms with Crippen molar-refractivity contribution in [3.63, 3.8) is 0 Å². The Labute approximate surface area is 174 Å². The number of aromatic nitrogens is 6. The van der Waals surface area contributed by atoms with E-state index < -0.39 is 5.97 Å². The van der Waals surface area contributed by atoms with Crippen LogP contribution in [-0.4, -0.2) is 36.0 Å². The maximum atomic E-state index is 12.1. The molecule has 0 N–H and O–H groups in total. The lowest BCUT2D eigenvalue weighted by molar-refractivity contribution is -0.139. The van der Waals surface area contributed by atoms with Crippen LogP contribution in [0.4, 0.5) is 0 Å². The van der Waals surface area contributed by atoms with Crippen molar-refractivity contribution < 1.29 is 9.53 Å². The number of ether oxygens (including phenoxy) is 1. The third-order valence-electron chi connectivity index (χ3n) is 4.49. The largest absolute Gasteiger partial charge is 0.454 e. The second-order valence-electron chi connectivity index (χ2n) is 6.59. The maximum absolute atomic E-state index is 12.1. The smallest absolute Gasteiger partial charge is 0.331 e. The first-order chi connectivity index (χ1) is 14.0. The normalized spacial score (nSPS) is 11.3. The quantitative estimate of drug-likeness (QED) is 0.415. The van der Waals surface area contributed by atoms with E-state index in [1.165, 1.54) is 6.08 Å². The van der Waals surface area contributed by atoms with Gasteiger partial charge in [0, 0.05) is 28.9 Å². The van der Waals surface area contributed by atoms with Gasteiger partial charge in [-0.2, -0.15) is 5.10 Å². The van der Waals surface area contributed by atoms with Crippen molar-refractivity contribution >= 4 is 23.6 Å². The molecule has 0 aliphatic rings. The van der Waals surface area contributed by atoms with E-state index in [1.807, 2.05) is 49.7 Å². The molecule has 0 aliphatic heterocycles. The van der Waals surface area contributed by atoms with Gasteiger partial charge in [-0.25, -0.2) is 9.48 Å². The Morgan fingerprint density at radius 3 is 2.79 bits per heavy atom. The number of nitrogens with zero attached hydrogens (tertiary/aromatic N) is 6. The Hall–Kier alpha value is -3.00. The number of halogens is 1. The molecule has 0 aliphatic carbocycles. The number of hydrogen-bond acceptors (Lipinski definition) is 6. The first-order valence-corrected chi connectivity index (χ1v) is 9.74. The van der Waals surface area contributed by atoms with Gasteiger partial charge in [0.25, 0.3) is 0 Å². The Kier molecular flexibility index (Phi) is 6.77. The van der Waals surface area contributed by atoms with Crippen molar-refractivity contribution in [1.29, 1.82) is 0 Å². The number of rotatable bonds is 8. The van der Waals surface area contributed by atoms with Crippen molar-refractivity contribution in [3.8, 4) is 0 Å². The molecular weight excluding hydrogens is 392 g/mol. The van der Waals surface area contributed by atoms with Crippen molar-refractivity contribution in [3.05, 3.63) is 63.7 Å². The minimum absolute atomic E-state index is 0.0277. The molecule has 2 aromatic heterocycles. The van der Waals surface area contributed by atoms with Crippen LogP contribution in [0.1, 0.15) is 41.7 Å². The van der Waals surface area contributed by atoms with Crippen LogP contribution in [0, 0.1) is 13.8 Å². The van der Waals surface area contributed by atoms with Gasteiger partial charge in [-0.15, -0.1) is 5.10 Å².